The first-order valence-electron chi connectivity index (χ1n) is 9.34. The summed E-state index contributed by atoms with van der Waals surface area (Å²) in [4.78, 5) is 12.1. The van der Waals surface area contributed by atoms with E-state index in [1.807, 2.05) is 37.4 Å². The molecule has 0 unspecified atom stereocenters. The minimum atomic E-state index is -0.0183. The van der Waals surface area contributed by atoms with Gasteiger partial charge in [-0.15, -0.1) is 0 Å². The van der Waals surface area contributed by atoms with Crippen molar-refractivity contribution < 1.29 is 4.79 Å². The first-order valence-corrected chi connectivity index (χ1v) is 9.34. The zero-order valence-corrected chi connectivity index (χ0v) is 15.9. The molecule has 3 N–H and O–H groups in total. The molecule has 0 radical (unpaired) electrons. The second-order valence-corrected chi connectivity index (χ2v) is 6.70. The average molecular weight is 362 g/mol. The predicted octanol–water partition coefficient (Wildman–Crippen LogP) is 3.81. The molecule has 0 bridgehead atoms. The van der Waals surface area contributed by atoms with Crippen LogP contribution in [0.25, 0.3) is 11.3 Å². The lowest BCUT2D eigenvalue weighted by molar-refractivity contribution is 0.0953. The highest BCUT2D eigenvalue weighted by atomic mass is 16.1. The fraction of sp³-hybridized carbons (Fsp3) is 0.273. The molecule has 1 amide bonds. The molecular weight excluding hydrogens is 336 g/mol. The van der Waals surface area contributed by atoms with Crippen LogP contribution in [0.1, 0.15) is 40.4 Å². The number of carbonyl (C=O) groups is 1. The summed E-state index contributed by atoms with van der Waals surface area (Å²) in [6.07, 6.45) is 2.79. The van der Waals surface area contributed by atoms with Crippen LogP contribution >= 0.6 is 0 Å². The number of nitrogens with zero attached hydrogens (tertiary/aromatic N) is 1. The largest absolute Gasteiger partial charge is 0.352 e. The molecule has 1 aromatic heterocycles. The second-order valence-electron chi connectivity index (χ2n) is 6.70. The number of benzene rings is 2. The van der Waals surface area contributed by atoms with Gasteiger partial charge in [0.15, 0.2) is 0 Å². The molecule has 0 aliphatic rings. The van der Waals surface area contributed by atoms with Crippen LogP contribution in [0, 0.1) is 6.92 Å². The van der Waals surface area contributed by atoms with Crippen LogP contribution in [0.3, 0.4) is 0 Å². The molecule has 5 nitrogen and oxygen atoms in total. The summed E-state index contributed by atoms with van der Waals surface area (Å²) in [7, 11) is 0. The lowest BCUT2D eigenvalue weighted by Crippen LogP contribution is -2.24. The fourth-order valence-electron chi connectivity index (χ4n) is 3.00. The highest BCUT2D eigenvalue weighted by molar-refractivity contribution is 5.94. The van der Waals surface area contributed by atoms with E-state index in [9.17, 15) is 4.79 Å². The highest BCUT2D eigenvalue weighted by Crippen LogP contribution is 2.22. The van der Waals surface area contributed by atoms with Crippen LogP contribution in [0.2, 0.25) is 0 Å². The lowest BCUT2D eigenvalue weighted by atomic mass is 10.1. The van der Waals surface area contributed by atoms with Gasteiger partial charge in [-0.2, -0.15) is 5.10 Å². The fourth-order valence-corrected chi connectivity index (χ4v) is 3.00. The van der Waals surface area contributed by atoms with Crippen molar-refractivity contribution in [2.75, 3.05) is 6.54 Å². The van der Waals surface area contributed by atoms with E-state index in [0.29, 0.717) is 25.2 Å². The van der Waals surface area contributed by atoms with Crippen molar-refractivity contribution in [3.05, 3.63) is 77.0 Å². The summed E-state index contributed by atoms with van der Waals surface area (Å²) in [5.74, 6) is -0.0183. The average Bonchev–Trinajstić information content (AvgIpc) is 3.15. The van der Waals surface area contributed by atoms with Crippen LogP contribution in [0.15, 0.2) is 54.7 Å². The third kappa shape index (κ3) is 5.05. The van der Waals surface area contributed by atoms with E-state index < -0.39 is 0 Å². The van der Waals surface area contributed by atoms with Gasteiger partial charge in [0.2, 0.25) is 0 Å². The van der Waals surface area contributed by atoms with E-state index in [0.717, 1.165) is 28.8 Å². The van der Waals surface area contributed by atoms with E-state index in [-0.39, 0.29) is 5.91 Å². The zero-order chi connectivity index (χ0) is 19.1. The van der Waals surface area contributed by atoms with Gasteiger partial charge in [0, 0.05) is 36.3 Å². The summed E-state index contributed by atoms with van der Waals surface area (Å²) in [6, 6.07) is 16.1. The number of H-pyrrole nitrogens is 1. The number of rotatable bonds is 8. The van der Waals surface area contributed by atoms with E-state index >= 15 is 0 Å². The Bertz CT molecular complexity index is 901. The van der Waals surface area contributed by atoms with Crippen LogP contribution in [-0.4, -0.2) is 22.6 Å². The van der Waals surface area contributed by atoms with Crippen molar-refractivity contribution in [1.29, 1.82) is 0 Å². The predicted molar refractivity (Wildman–Crippen MR) is 108 cm³/mol. The van der Waals surface area contributed by atoms with Gasteiger partial charge in [-0.25, -0.2) is 0 Å². The number of amides is 1. The van der Waals surface area contributed by atoms with Gasteiger partial charge in [0.1, 0.15) is 0 Å². The zero-order valence-electron chi connectivity index (χ0n) is 15.9. The Morgan fingerprint density at radius 1 is 1.11 bits per heavy atom. The highest BCUT2D eigenvalue weighted by Gasteiger charge is 2.08. The molecule has 2 aromatic carbocycles. The summed E-state index contributed by atoms with van der Waals surface area (Å²) < 4.78 is 0. The van der Waals surface area contributed by atoms with Crippen molar-refractivity contribution in [2.24, 2.45) is 0 Å². The number of hydrogen-bond donors (Lipinski definition) is 3. The van der Waals surface area contributed by atoms with Crippen LogP contribution in [0.5, 0.6) is 0 Å². The van der Waals surface area contributed by atoms with Gasteiger partial charge in [-0.1, -0.05) is 42.8 Å². The molecule has 0 saturated carbocycles. The number of aromatic amines is 1. The topological polar surface area (TPSA) is 69.8 Å². The minimum absolute atomic E-state index is 0.0183. The molecule has 27 heavy (non-hydrogen) atoms. The Morgan fingerprint density at radius 3 is 2.78 bits per heavy atom. The minimum Gasteiger partial charge on any atom is -0.352 e. The molecule has 0 fully saturated rings. The normalized spacial score (nSPS) is 10.7. The maximum absolute atomic E-state index is 12.1. The van der Waals surface area contributed by atoms with Crippen molar-refractivity contribution in [3.63, 3.8) is 0 Å². The Labute approximate surface area is 160 Å². The van der Waals surface area contributed by atoms with Crippen molar-refractivity contribution in [3.8, 4) is 11.3 Å². The molecule has 0 spiro atoms. The molecule has 3 rings (SSSR count). The Balaban J connectivity index is 1.61. The SMILES string of the molecule is CCCNC(=O)c1cccc(CNCc2cn[nH]c2-c2cccc(C)c2)c1. The smallest absolute Gasteiger partial charge is 0.251 e. The van der Waals surface area contributed by atoms with Crippen molar-refractivity contribution >= 4 is 5.91 Å². The first kappa shape index (κ1) is 18.9. The van der Waals surface area contributed by atoms with E-state index in [1.54, 1.807) is 0 Å². The summed E-state index contributed by atoms with van der Waals surface area (Å²) in [6.45, 7) is 6.21. The Kier molecular flexibility index (Phi) is 6.39. The second kappa shape index (κ2) is 9.14. The monoisotopic (exact) mass is 362 g/mol. The van der Waals surface area contributed by atoms with E-state index in [2.05, 4.69) is 52.0 Å². The van der Waals surface area contributed by atoms with Crippen molar-refractivity contribution in [2.45, 2.75) is 33.4 Å². The van der Waals surface area contributed by atoms with Crippen LogP contribution in [0.4, 0.5) is 0 Å². The van der Waals surface area contributed by atoms with Crippen molar-refractivity contribution in [1.82, 2.24) is 20.8 Å². The summed E-state index contributed by atoms with van der Waals surface area (Å²) in [5, 5.41) is 13.7. The lowest BCUT2D eigenvalue weighted by Gasteiger charge is -2.08. The Hall–Kier alpha value is -2.92. The number of aryl methyl sites for hydroxylation is 1. The number of hydrogen-bond acceptors (Lipinski definition) is 3. The molecule has 0 aliphatic heterocycles. The Morgan fingerprint density at radius 2 is 1.96 bits per heavy atom. The van der Waals surface area contributed by atoms with Crippen LogP contribution < -0.4 is 10.6 Å². The molecule has 140 valence electrons. The van der Waals surface area contributed by atoms with E-state index in [4.69, 9.17) is 0 Å². The number of carbonyl (C=O) groups excluding carboxylic acids is 1. The number of aromatic nitrogens is 2. The van der Waals surface area contributed by atoms with E-state index in [1.165, 1.54) is 5.56 Å². The molecule has 1 heterocycles. The maximum atomic E-state index is 12.1. The maximum Gasteiger partial charge on any atom is 0.251 e. The van der Waals surface area contributed by atoms with Crippen LogP contribution in [-0.2, 0) is 13.1 Å². The molecule has 0 saturated heterocycles. The van der Waals surface area contributed by atoms with Gasteiger partial charge < -0.3 is 10.6 Å². The summed E-state index contributed by atoms with van der Waals surface area (Å²) >= 11 is 0. The van der Waals surface area contributed by atoms with Gasteiger partial charge in [0.05, 0.1) is 11.9 Å². The molecule has 0 aliphatic carbocycles. The third-order valence-corrected chi connectivity index (χ3v) is 4.39. The van der Waals surface area contributed by atoms with Gasteiger partial charge >= 0.3 is 0 Å². The van der Waals surface area contributed by atoms with Gasteiger partial charge in [0.25, 0.3) is 5.91 Å². The molecule has 5 heteroatoms. The summed E-state index contributed by atoms with van der Waals surface area (Å²) in [5.41, 5.74) is 6.31. The molecule has 3 aromatic rings. The number of nitrogens with one attached hydrogen (secondary N) is 3. The molecular formula is C22H26N4O. The quantitative estimate of drug-likeness (QED) is 0.571. The standard InChI is InChI=1S/C22H26N4O/c1-3-10-24-22(27)19-9-5-7-17(12-19)13-23-14-20-15-25-26-21(20)18-8-4-6-16(2)11-18/h4-9,11-12,15,23H,3,10,13-14H2,1-2H3,(H,24,27)(H,25,26). The third-order valence-electron chi connectivity index (χ3n) is 4.39. The molecule has 0 atom stereocenters. The van der Waals surface area contributed by atoms with Gasteiger partial charge in [-0.05, 0) is 37.1 Å². The van der Waals surface area contributed by atoms with Gasteiger partial charge in [-0.3, -0.25) is 9.89 Å². The first-order chi connectivity index (χ1) is 13.2.